The van der Waals surface area contributed by atoms with Gasteiger partial charge in [0.05, 0.1) is 13.2 Å². The summed E-state index contributed by atoms with van der Waals surface area (Å²) in [7, 11) is 0. The van der Waals surface area contributed by atoms with Gasteiger partial charge in [0.1, 0.15) is 13.2 Å². The number of thiophene rings is 1. The number of fused-ring (bicyclic) bond motifs is 2. The third-order valence-electron chi connectivity index (χ3n) is 4.30. The number of rotatable bonds is 4. The molecule has 6 nitrogen and oxygen atoms in total. The predicted octanol–water partition coefficient (Wildman–Crippen LogP) is 4.19. The first-order valence-electron chi connectivity index (χ1n) is 8.81. The van der Waals surface area contributed by atoms with Gasteiger partial charge in [0.15, 0.2) is 21.3 Å². The predicted molar refractivity (Wildman–Crippen MR) is 101 cm³/mol. The second kappa shape index (κ2) is 8.00. The van der Waals surface area contributed by atoms with Crippen molar-refractivity contribution in [2.75, 3.05) is 13.2 Å². The number of ether oxygens (including phenoxy) is 4. The van der Waals surface area contributed by atoms with E-state index in [0.29, 0.717) is 0 Å². The third-order valence-corrected chi connectivity index (χ3v) is 5.42. The highest BCUT2D eigenvalue weighted by atomic mass is 32.1. The van der Waals surface area contributed by atoms with Crippen molar-refractivity contribution in [2.45, 2.75) is 40.9 Å². The highest BCUT2D eigenvalue weighted by molar-refractivity contribution is 7.16. The van der Waals surface area contributed by atoms with Crippen LogP contribution in [-0.4, -0.2) is 25.2 Å². The van der Waals surface area contributed by atoms with Crippen LogP contribution in [0.15, 0.2) is 12.1 Å². The Bertz CT molecular complexity index is 814. The molecule has 1 aromatic carbocycles. The van der Waals surface area contributed by atoms with E-state index in [1.807, 2.05) is 13.8 Å². The van der Waals surface area contributed by atoms with Crippen molar-refractivity contribution in [1.82, 2.24) is 0 Å². The Balaban J connectivity index is 2.04. The fourth-order valence-electron chi connectivity index (χ4n) is 2.83. The van der Waals surface area contributed by atoms with Crippen molar-refractivity contribution in [3.8, 4) is 11.5 Å². The second-order valence-corrected chi connectivity index (χ2v) is 7.16. The van der Waals surface area contributed by atoms with Gasteiger partial charge in [-0.15, -0.1) is 11.3 Å². The molecule has 0 aliphatic carbocycles. The molecule has 0 spiro atoms. The molecule has 3 rings (SSSR count). The van der Waals surface area contributed by atoms with E-state index in [-0.39, 0.29) is 47.7 Å². The van der Waals surface area contributed by atoms with Crippen molar-refractivity contribution in [3.05, 3.63) is 44.1 Å². The minimum absolute atomic E-state index is 0.210. The van der Waals surface area contributed by atoms with Crippen LogP contribution in [0.3, 0.4) is 0 Å². The number of hydrogen-bond acceptors (Lipinski definition) is 7. The van der Waals surface area contributed by atoms with E-state index in [2.05, 4.69) is 12.1 Å². The van der Waals surface area contributed by atoms with E-state index in [0.717, 1.165) is 33.6 Å². The standard InChI is InChI=1S/C20H22O6S/c1-5-23-19(21)17-15-16(18(27-17)20(22)24-6-2)26-10-14-8-12(4)11(3)7-13(14)9-25-15/h7-8H,5-6,9-10H2,1-4H3. The number of benzene rings is 1. The molecule has 2 aromatic rings. The lowest BCUT2D eigenvalue weighted by Gasteiger charge is -2.19. The van der Waals surface area contributed by atoms with Crippen molar-refractivity contribution in [2.24, 2.45) is 0 Å². The van der Waals surface area contributed by atoms with Crippen molar-refractivity contribution in [3.63, 3.8) is 0 Å². The van der Waals surface area contributed by atoms with Gasteiger partial charge >= 0.3 is 11.9 Å². The minimum Gasteiger partial charge on any atom is -0.483 e. The SMILES string of the molecule is CCOC(=O)c1sc(C(=O)OCC)c2c1OCc1cc(C)c(C)cc1CO2. The largest absolute Gasteiger partial charge is 0.483 e. The van der Waals surface area contributed by atoms with Crippen molar-refractivity contribution < 1.29 is 28.5 Å². The maximum atomic E-state index is 12.4. The summed E-state index contributed by atoms with van der Waals surface area (Å²) in [5, 5.41) is 0. The smallest absolute Gasteiger partial charge is 0.352 e. The summed E-state index contributed by atoms with van der Waals surface area (Å²) in [6.45, 7) is 8.52. The molecule has 0 saturated carbocycles. The lowest BCUT2D eigenvalue weighted by Crippen LogP contribution is -2.12. The van der Waals surface area contributed by atoms with Gasteiger partial charge in [0.2, 0.25) is 0 Å². The molecular formula is C20H22O6S. The van der Waals surface area contributed by atoms with Gasteiger partial charge in [-0.05, 0) is 49.9 Å². The molecule has 0 radical (unpaired) electrons. The number of carbonyl (C=O) groups is 2. The molecule has 0 N–H and O–H groups in total. The van der Waals surface area contributed by atoms with E-state index >= 15 is 0 Å². The van der Waals surface area contributed by atoms with Gasteiger partial charge in [-0.2, -0.15) is 0 Å². The fourth-order valence-corrected chi connectivity index (χ4v) is 3.81. The summed E-state index contributed by atoms with van der Waals surface area (Å²) < 4.78 is 22.1. The normalized spacial score (nSPS) is 12.6. The number of esters is 2. The molecule has 7 heteroatoms. The molecule has 144 valence electrons. The van der Waals surface area contributed by atoms with Crippen LogP contribution >= 0.6 is 11.3 Å². The summed E-state index contributed by atoms with van der Waals surface area (Å²) >= 11 is 0.976. The van der Waals surface area contributed by atoms with Crippen LogP contribution in [-0.2, 0) is 22.7 Å². The van der Waals surface area contributed by atoms with Gasteiger partial charge in [0, 0.05) is 0 Å². The zero-order valence-corrected chi connectivity index (χ0v) is 16.7. The average molecular weight is 390 g/mol. The van der Waals surface area contributed by atoms with Crippen LogP contribution in [0.1, 0.15) is 55.4 Å². The van der Waals surface area contributed by atoms with Crippen LogP contribution in [0.4, 0.5) is 0 Å². The maximum Gasteiger partial charge on any atom is 0.352 e. The Kier molecular flexibility index (Phi) is 5.70. The first kappa shape index (κ1) is 19.2. The molecule has 0 fully saturated rings. The molecule has 0 bridgehead atoms. The Morgan fingerprint density at radius 2 is 1.30 bits per heavy atom. The zero-order chi connectivity index (χ0) is 19.6. The molecule has 1 aliphatic rings. The van der Waals surface area contributed by atoms with E-state index < -0.39 is 11.9 Å². The van der Waals surface area contributed by atoms with Crippen LogP contribution in [0.25, 0.3) is 0 Å². The Morgan fingerprint density at radius 3 is 1.67 bits per heavy atom. The summed E-state index contributed by atoms with van der Waals surface area (Å²) in [5.41, 5.74) is 4.28. The van der Waals surface area contributed by atoms with E-state index in [4.69, 9.17) is 18.9 Å². The molecule has 0 atom stereocenters. The first-order valence-corrected chi connectivity index (χ1v) is 9.63. The Labute approximate surface area is 162 Å². The Morgan fingerprint density at radius 1 is 0.889 bits per heavy atom. The van der Waals surface area contributed by atoms with Crippen LogP contribution in [0, 0.1) is 13.8 Å². The lowest BCUT2D eigenvalue weighted by atomic mass is 10.0. The summed E-state index contributed by atoms with van der Waals surface area (Å²) in [4.78, 5) is 25.1. The van der Waals surface area contributed by atoms with Gasteiger partial charge in [-0.25, -0.2) is 9.59 Å². The molecule has 2 heterocycles. The number of hydrogen-bond donors (Lipinski definition) is 0. The highest BCUT2D eigenvalue weighted by Gasteiger charge is 2.32. The fraction of sp³-hybridized carbons (Fsp3) is 0.400. The number of aryl methyl sites for hydroxylation is 2. The minimum atomic E-state index is -0.543. The van der Waals surface area contributed by atoms with Crippen molar-refractivity contribution >= 4 is 23.3 Å². The van der Waals surface area contributed by atoms with Gasteiger partial charge in [-0.3, -0.25) is 0 Å². The van der Waals surface area contributed by atoms with Gasteiger partial charge in [-0.1, -0.05) is 12.1 Å². The van der Waals surface area contributed by atoms with Gasteiger partial charge in [0.25, 0.3) is 0 Å². The highest BCUT2D eigenvalue weighted by Crippen LogP contribution is 2.45. The maximum absolute atomic E-state index is 12.4. The van der Waals surface area contributed by atoms with Crippen LogP contribution in [0.5, 0.6) is 11.5 Å². The Hall–Kier alpha value is -2.54. The molecule has 1 aromatic heterocycles. The van der Waals surface area contributed by atoms with Crippen LogP contribution < -0.4 is 9.47 Å². The average Bonchev–Trinajstić information content (AvgIpc) is 2.98. The number of carbonyl (C=O) groups excluding carboxylic acids is 2. The zero-order valence-electron chi connectivity index (χ0n) is 15.8. The summed E-state index contributed by atoms with van der Waals surface area (Å²) in [6.07, 6.45) is 0. The molecule has 0 amide bonds. The third kappa shape index (κ3) is 3.78. The van der Waals surface area contributed by atoms with E-state index in [9.17, 15) is 9.59 Å². The van der Waals surface area contributed by atoms with E-state index in [1.54, 1.807) is 13.8 Å². The lowest BCUT2D eigenvalue weighted by molar-refractivity contribution is 0.0515. The summed E-state index contributed by atoms with van der Waals surface area (Å²) in [6, 6.07) is 4.11. The molecule has 0 saturated heterocycles. The monoisotopic (exact) mass is 390 g/mol. The van der Waals surface area contributed by atoms with Gasteiger partial charge < -0.3 is 18.9 Å². The molecule has 27 heavy (non-hydrogen) atoms. The van der Waals surface area contributed by atoms with Crippen LogP contribution in [0.2, 0.25) is 0 Å². The second-order valence-electron chi connectivity index (χ2n) is 6.14. The first-order chi connectivity index (χ1) is 13.0. The molecular weight excluding hydrogens is 368 g/mol. The van der Waals surface area contributed by atoms with Crippen molar-refractivity contribution in [1.29, 1.82) is 0 Å². The topological polar surface area (TPSA) is 71.1 Å². The quantitative estimate of drug-likeness (QED) is 0.729. The summed E-state index contributed by atoms with van der Waals surface area (Å²) in [5.74, 6) is -0.603. The molecule has 0 unspecified atom stereocenters. The van der Waals surface area contributed by atoms with E-state index in [1.165, 1.54) is 0 Å². The molecule has 1 aliphatic heterocycles.